The third-order valence-electron chi connectivity index (χ3n) is 1.29. The molecule has 0 saturated carbocycles. The molecule has 0 aliphatic carbocycles. The molecule has 0 aliphatic heterocycles. The van der Waals surface area contributed by atoms with Gasteiger partial charge in [-0.3, -0.25) is 0 Å². The Bertz CT molecular complexity index is 235. The summed E-state index contributed by atoms with van der Waals surface area (Å²) >= 11 is 3.36. The van der Waals surface area contributed by atoms with Gasteiger partial charge in [0.2, 0.25) is 0 Å². The van der Waals surface area contributed by atoms with Crippen molar-refractivity contribution >= 4 is 21.6 Å². The van der Waals surface area contributed by atoms with Gasteiger partial charge in [0.05, 0.1) is 0 Å². The van der Waals surface area contributed by atoms with Gasteiger partial charge in [-0.2, -0.15) is 0 Å². The van der Waals surface area contributed by atoms with E-state index in [9.17, 15) is 0 Å². The lowest BCUT2D eigenvalue weighted by Gasteiger charge is -2.00. The molecular formula is C7H9BrN2. The zero-order valence-corrected chi connectivity index (χ0v) is 7.06. The predicted molar refractivity (Wildman–Crippen MR) is 46.4 cm³/mol. The number of hydrogen-bond donors (Lipinski definition) is 2. The first kappa shape index (κ1) is 7.57. The van der Waals surface area contributed by atoms with Crippen LogP contribution in [0.15, 0.2) is 22.7 Å². The summed E-state index contributed by atoms with van der Waals surface area (Å²) in [6, 6.07) is 5.60. The number of anilines is 1. The van der Waals surface area contributed by atoms with Gasteiger partial charge in [0.25, 0.3) is 0 Å². The molecule has 0 atom stereocenters. The number of hydrogen-bond acceptors (Lipinski definition) is 2. The summed E-state index contributed by atoms with van der Waals surface area (Å²) in [7, 11) is 0. The maximum absolute atomic E-state index is 5.53. The van der Waals surface area contributed by atoms with E-state index in [1.54, 1.807) is 0 Å². The van der Waals surface area contributed by atoms with Gasteiger partial charge in [-0.1, -0.05) is 15.9 Å². The van der Waals surface area contributed by atoms with Crippen LogP contribution in [0, 0.1) is 0 Å². The van der Waals surface area contributed by atoms with Gasteiger partial charge in [-0.05, 0) is 23.8 Å². The van der Waals surface area contributed by atoms with Crippen LogP contribution in [0.2, 0.25) is 0 Å². The van der Waals surface area contributed by atoms with Crippen molar-refractivity contribution < 1.29 is 0 Å². The molecular weight excluding hydrogens is 192 g/mol. The third kappa shape index (κ3) is 1.49. The standard InChI is InChI=1S/C7H9BrN2/c8-7-2-1-6(10)3-5(7)4-9/h1-3H,4,9-10H2. The maximum Gasteiger partial charge on any atom is 0.0318 e. The Morgan fingerprint density at radius 3 is 2.60 bits per heavy atom. The average molecular weight is 201 g/mol. The Morgan fingerprint density at radius 2 is 2.10 bits per heavy atom. The van der Waals surface area contributed by atoms with E-state index in [0.717, 1.165) is 15.7 Å². The van der Waals surface area contributed by atoms with Crippen LogP contribution in [0.5, 0.6) is 0 Å². The first-order chi connectivity index (χ1) is 4.74. The van der Waals surface area contributed by atoms with Crippen molar-refractivity contribution in [2.75, 3.05) is 5.73 Å². The molecule has 3 heteroatoms. The van der Waals surface area contributed by atoms with Crippen molar-refractivity contribution in [2.24, 2.45) is 5.73 Å². The second-order valence-corrected chi connectivity index (χ2v) is 2.91. The zero-order valence-electron chi connectivity index (χ0n) is 5.47. The Balaban J connectivity index is 3.09. The number of benzene rings is 1. The molecule has 54 valence electrons. The molecule has 10 heavy (non-hydrogen) atoms. The SMILES string of the molecule is NCc1cc(N)ccc1Br. The summed E-state index contributed by atoms with van der Waals surface area (Å²) in [4.78, 5) is 0. The normalized spacial score (nSPS) is 9.80. The number of halogens is 1. The van der Waals surface area contributed by atoms with Crippen molar-refractivity contribution in [2.45, 2.75) is 6.54 Å². The molecule has 4 N–H and O–H groups in total. The van der Waals surface area contributed by atoms with E-state index in [1.165, 1.54) is 0 Å². The molecule has 0 radical (unpaired) electrons. The van der Waals surface area contributed by atoms with Gasteiger partial charge < -0.3 is 11.5 Å². The zero-order chi connectivity index (χ0) is 7.56. The molecule has 0 bridgehead atoms. The van der Waals surface area contributed by atoms with Crippen molar-refractivity contribution in [1.29, 1.82) is 0 Å². The summed E-state index contributed by atoms with van der Waals surface area (Å²) in [6.07, 6.45) is 0. The molecule has 0 heterocycles. The van der Waals surface area contributed by atoms with E-state index in [0.29, 0.717) is 6.54 Å². The molecule has 1 rings (SSSR count). The Labute approximate surface area is 68.3 Å². The van der Waals surface area contributed by atoms with Crippen LogP contribution in [0.3, 0.4) is 0 Å². The molecule has 1 aromatic carbocycles. The van der Waals surface area contributed by atoms with E-state index >= 15 is 0 Å². The minimum absolute atomic E-state index is 0.519. The van der Waals surface area contributed by atoms with Crippen molar-refractivity contribution in [3.05, 3.63) is 28.2 Å². The first-order valence-electron chi connectivity index (χ1n) is 2.98. The number of nitrogens with two attached hydrogens (primary N) is 2. The minimum atomic E-state index is 0.519. The van der Waals surface area contributed by atoms with Gasteiger partial charge in [0.1, 0.15) is 0 Å². The Morgan fingerprint density at radius 1 is 1.40 bits per heavy atom. The van der Waals surface area contributed by atoms with Crippen LogP contribution < -0.4 is 11.5 Å². The smallest absolute Gasteiger partial charge is 0.0318 e. The first-order valence-corrected chi connectivity index (χ1v) is 3.77. The highest BCUT2D eigenvalue weighted by atomic mass is 79.9. The molecule has 2 nitrogen and oxygen atoms in total. The van der Waals surface area contributed by atoms with Crippen LogP contribution in [0.25, 0.3) is 0 Å². The summed E-state index contributed by atoms with van der Waals surface area (Å²) in [5.74, 6) is 0. The highest BCUT2D eigenvalue weighted by Gasteiger charge is 1.95. The molecule has 0 fully saturated rings. The van der Waals surface area contributed by atoms with E-state index in [2.05, 4.69) is 15.9 Å². The number of rotatable bonds is 1. The summed E-state index contributed by atoms with van der Waals surface area (Å²) in [6.45, 7) is 0.519. The summed E-state index contributed by atoms with van der Waals surface area (Å²) in [5, 5.41) is 0. The largest absolute Gasteiger partial charge is 0.399 e. The molecule has 0 unspecified atom stereocenters. The van der Waals surface area contributed by atoms with Gasteiger partial charge in [-0.25, -0.2) is 0 Å². The van der Waals surface area contributed by atoms with Gasteiger partial charge in [0, 0.05) is 16.7 Å². The lowest BCUT2D eigenvalue weighted by atomic mass is 10.2. The molecule has 1 aromatic rings. The fourth-order valence-electron chi connectivity index (χ4n) is 0.751. The molecule has 0 spiro atoms. The monoisotopic (exact) mass is 200 g/mol. The van der Waals surface area contributed by atoms with E-state index in [-0.39, 0.29) is 0 Å². The summed E-state index contributed by atoms with van der Waals surface area (Å²) < 4.78 is 1.02. The van der Waals surface area contributed by atoms with Crippen LogP contribution in [0.1, 0.15) is 5.56 Å². The minimum Gasteiger partial charge on any atom is -0.399 e. The molecule has 0 saturated heterocycles. The van der Waals surface area contributed by atoms with Crippen molar-refractivity contribution in [3.8, 4) is 0 Å². The third-order valence-corrected chi connectivity index (χ3v) is 2.06. The van der Waals surface area contributed by atoms with Gasteiger partial charge in [0.15, 0.2) is 0 Å². The highest BCUT2D eigenvalue weighted by Crippen LogP contribution is 2.18. The second kappa shape index (κ2) is 3.03. The van der Waals surface area contributed by atoms with Gasteiger partial charge in [-0.15, -0.1) is 0 Å². The summed E-state index contributed by atoms with van der Waals surface area (Å²) in [5.41, 5.74) is 12.8. The maximum atomic E-state index is 5.53. The Hall–Kier alpha value is -0.540. The van der Waals surface area contributed by atoms with Crippen molar-refractivity contribution in [3.63, 3.8) is 0 Å². The fourth-order valence-corrected chi connectivity index (χ4v) is 1.16. The average Bonchev–Trinajstić information content (AvgIpc) is 1.94. The lowest BCUT2D eigenvalue weighted by molar-refractivity contribution is 1.06. The van der Waals surface area contributed by atoms with Gasteiger partial charge >= 0.3 is 0 Å². The van der Waals surface area contributed by atoms with Crippen LogP contribution in [-0.4, -0.2) is 0 Å². The molecule has 0 amide bonds. The lowest BCUT2D eigenvalue weighted by Crippen LogP contribution is -1.98. The van der Waals surface area contributed by atoms with Crippen molar-refractivity contribution in [1.82, 2.24) is 0 Å². The Kier molecular flexibility index (Phi) is 2.29. The molecule has 0 aromatic heterocycles. The van der Waals surface area contributed by atoms with Crippen LogP contribution >= 0.6 is 15.9 Å². The second-order valence-electron chi connectivity index (χ2n) is 2.05. The quantitative estimate of drug-likeness (QED) is 0.676. The topological polar surface area (TPSA) is 52.0 Å². The predicted octanol–water partition coefficient (Wildman–Crippen LogP) is 1.49. The van der Waals surface area contributed by atoms with E-state index < -0.39 is 0 Å². The van der Waals surface area contributed by atoms with Crippen LogP contribution in [-0.2, 0) is 6.54 Å². The van der Waals surface area contributed by atoms with Crippen LogP contribution in [0.4, 0.5) is 5.69 Å². The molecule has 0 aliphatic rings. The fraction of sp³-hybridized carbons (Fsp3) is 0.143. The number of nitrogen functional groups attached to an aromatic ring is 1. The van der Waals surface area contributed by atoms with E-state index in [4.69, 9.17) is 11.5 Å². The van der Waals surface area contributed by atoms with E-state index in [1.807, 2.05) is 18.2 Å². The highest BCUT2D eigenvalue weighted by molar-refractivity contribution is 9.10.